The topological polar surface area (TPSA) is 71.5 Å². The maximum Gasteiger partial charge on any atom is 0.413 e. The molecule has 1 saturated carbocycles. The molecule has 3 rings (SSSR count). The van der Waals surface area contributed by atoms with E-state index in [0.717, 1.165) is 18.1 Å². The average molecular weight is 378 g/mol. The fourth-order valence-electron chi connectivity index (χ4n) is 3.46. The van der Waals surface area contributed by atoms with Crippen molar-refractivity contribution in [3.05, 3.63) is 16.5 Å². The highest BCUT2D eigenvalue weighted by molar-refractivity contribution is 7.08. The molecule has 0 radical (unpaired) electrons. The second kappa shape index (κ2) is 7.78. The van der Waals surface area contributed by atoms with Crippen molar-refractivity contribution < 1.29 is 14.3 Å². The smallest absolute Gasteiger partial charge is 0.413 e. The van der Waals surface area contributed by atoms with Crippen molar-refractivity contribution in [3.63, 3.8) is 0 Å². The van der Waals surface area contributed by atoms with E-state index in [2.05, 4.69) is 9.69 Å². The summed E-state index contributed by atoms with van der Waals surface area (Å²) in [6.45, 7) is 6.82. The van der Waals surface area contributed by atoms with E-state index in [1.807, 2.05) is 17.1 Å². The Kier molecular flexibility index (Phi) is 5.65. The number of anilines is 1. The number of carbonyl (C=O) groups is 2. The zero-order chi connectivity index (χ0) is 18.7. The summed E-state index contributed by atoms with van der Waals surface area (Å²) < 4.78 is 9.55. The summed E-state index contributed by atoms with van der Waals surface area (Å²) in [4.78, 5) is 27.5. The molecule has 26 heavy (non-hydrogen) atoms. The lowest BCUT2D eigenvalue weighted by molar-refractivity contribution is 0.0634. The normalized spacial score (nSPS) is 18.4. The number of hydrogen-bond donors (Lipinski definition) is 1. The second-order valence-corrected chi connectivity index (χ2v) is 8.79. The average Bonchev–Trinajstić information content (AvgIpc) is 2.87. The molecular formula is C19H27N3O3S. The molecule has 0 aromatic carbocycles. The number of aromatic nitrogens is 1. The van der Waals surface area contributed by atoms with Crippen molar-refractivity contribution >= 4 is 35.4 Å². The minimum absolute atomic E-state index is 0.00492. The Morgan fingerprint density at radius 2 is 2.08 bits per heavy atom. The first-order valence-electron chi connectivity index (χ1n) is 9.29. The summed E-state index contributed by atoms with van der Waals surface area (Å²) in [5, 5.41) is 2.67. The van der Waals surface area contributed by atoms with E-state index >= 15 is 0 Å². The van der Waals surface area contributed by atoms with Gasteiger partial charge in [0, 0.05) is 18.7 Å². The molecule has 1 aromatic heterocycles. The van der Waals surface area contributed by atoms with Gasteiger partial charge < -0.3 is 9.64 Å². The van der Waals surface area contributed by atoms with Crippen molar-refractivity contribution in [1.82, 2.24) is 9.27 Å². The Morgan fingerprint density at radius 3 is 2.77 bits per heavy atom. The van der Waals surface area contributed by atoms with E-state index in [-0.39, 0.29) is 5.91 Å². The molecule has 142 valence electrons. The van der Waals surface area contributed by atoms with Gasteiger partial charge in [0.15, 0.2) is 5.82 Å². The first-order valence-corrected chi connectivity index (χ1v) is 10.1. The van der Waals surface area contributed by atoms with E-state index in [0.29, 0.717) is 28.7 Å². The van der Waals surface area contributed by atoms with Crippen LogP contribution in [0.15, 0.2) is 6.08 Å². The Labute approximate surface area is 158 Å². The van der Waals surface area contributed by atoms with E-state index < -0.39 is 11.7 Å². The molecule has 0 bridgehead atoms. The lowest BCUT2D eigenvalue weighted by Crippen LogP contribution is -2.35. The second-order valence-electron chi connectivity index (χ2n) is 8.02. The molecule has 1 N–H and O–H groups in total. The van der Waals surface area contributed by atoms with Crippen molar-refractivity contribution in [2.24, 2.45) is 5.92 Å². The van der Waals surface area contributed by atoms with Crippen LogP contribution in [0.3, 0.4) is 0 Å². The molecule has 0 atom stereocenters. The van der Waals surface area contributed by atoms with Crippen LogP contribution in [0.2, 0.25) is 0 Å². The van der Waals surface area contributed by atoms with Crippen LogP contribution in [0.1, 0.15) is 68.1 Å². The number of fused-ring (bicyclic) bond motifs is 1. The predicted octanol–water partition coefficient (Wildman–Crippen LogP) is 4.54. The largest absolute Gasteiger partial charge is 0.444 e. The molecule has 7 heteroatoms. The molecule has 0 spiro atoms. The van der Waals surface area contributed by atoms with Crippen molar-refractivity contribution in [1.29, 1.82) is 0 Å². The summed E-state index contributed by atoms with van der Waals surface area (Å²) in [7, 11) is 0. The SMILES string of the molecule is CC(C)(C)OC(=O)Nc1nsc2c1C=CCN(CC1CCCCC1)C2=O. The Morgan fingerprint density at radius 1 is 1.35 bits per heavy atom. The van der Waals surface area contributed by atoms with Gasteiger partial charge in [0.1, 0.15) is 10.5 Å². The highest BCUT2D eigenvalue weighted by Gasteiger charge is 2.28. The van der Waals surface area contributed by atoms with Gasteiger partial charge >= 0.3 is 6.09 Å². The monoisotopic (exact) mass is 377 g/mol. The zero-order valence-electron chi connectivity index (χ0n) is 15.7. The number of rotatable bonds is 3. The van der Waals surface area contributed by atoms with Crippen LogP contribution in [-0.2, 0) is 4.74 Å². The van der Waals surface area contributed by atoms with Crippen LogP contribution < -0.4 is 5.32 Å². The Balaban J connectivity index is 1.71. The minimum Gasteiger partial charge on any atom is -0.444 e. The van der Waals surface area contributed by atoms with Gasteiger partial charge in [-0.2, -0.15) is 4.37 Å². The molecule has 0 saturated heterocycles. The molecule has 1 aliphatic heterocycles. The van der Waals surface area contributed by atoms with Gasteiger partial charge in [0.25, 0.3) is 5.91 Å². The number of amides is 2. The summed E-state index contributed by atoms with van der Waals surface area (Å²) in [6.07, 6.45) is 9.53. The third kappa shape index (κ3) is 4.63. The molecule has 6 nitrogen and oxygen atoms in total. The highest BCUT2D eigenvalue weighted by Crippen LogP contribution is 2.31. The quantitative estimate of drug-likeness (QED) is 0.839. The summed E-state index contributed by atoms with van der Waals surface area (Å²) in [5.41, 5.74) is 0.0940. The summed E-state index contributed by atoms with van der Waals surface area (Å²) >= 11 is 1.14. The summed E-state index contributed by atoms with van der Waals surface area (Å²) in [5.74, 6) is 0.989. The van der Waals surface area contributed by atoms with Crippen molar-refractivity contribution in [3.8, 4) is 0 Å². The van der Waals surface area contributed by atoms with E-state index in [9.17, 15) is 9.59 Å². The number of nitrogens with one attached hydrogen (secondary N) is 1. The maximum absolute atomic E-state index is 13.0. The van der Waals surface area contributed by atoms with Gasteiger partial charge in [0.05, 0.1) is 0 Å². The van der Waals surface area contributed by atoms with E-state index in [1.165, 1.54) is 32.1 Å². The third-order valence-corrected chi connectivity index (χ3v) is 5.49. The van der Waals surface area contributed by atoms with Crippen LogP contribution in [0, 0.1) is 5.92 Å². The first-order chi connectivity index (χ1) is 12.3. The molecule has 0 unspecified atom stereocenters. The predicted molar refractivity (Wildman–Crippen MR) is 103 cm³/mol. The zero-order valence-corrected chi connectivity index (χ0v) is 16.5. The van der Waals surface area contributed by atoms with Gasteiger partial charge in [0.2, 0.25) is 0 Å². The summed E-state index contributed by atoms with van der Waals surface area (Å²) in [6, 6.07) is 0. The molecule has 2 aliphatic rings. The third-order valence-electron chi connectivity index (χ3n) is 4.64. The van der Waals surface area contributed by atoms with E-state index in [4.69, 9.17) is 4.74 Å². The van der Waals surface area contributed by atoms with Gasteiger partial charge in [-0.1, -0.05) is 31.4 Å². The van der Waals surface area contributed by atoms with Crippen molar-refractivity contribution in [2.45, 2.75) is 58.5 Å². The molecular weight excluding hydrogens is 350 g/mol. The minimum atomic E-state index is -0.584. The van der Waals surface area contributed by atoms with Gasteiger partial charge in [-0.15, -0.1) is 0 Å². The maximum atomic E-state index is 13.0. The van der Waals surface area contributed by atoms with Crippen molar-refractivity contribution in [2.75, 3.05) is 18.4 Å². The van der Waals surface area contributed by atoms with Crippen LogP contribution in [0.4, 0.5) is 10.6 Å². The molecule has 1 aliphatic carbocycles. The fourth-order valence-corrected chi connectivity index (χ4v) is 4.26. The number of hydrogen-bond acceptors (Lipinski definition) is 5. The standard InChI is InChI=1S/C19H27N3O3S/c1-19(2,3)25-18(24)20-16-14-10-7-11-22(17(23)15(14)26-21-16)12-13-8-5-4-6-9-13/h7,10,13H,4-6,8-9,11-12H2,1-3H3,(H,20,21,24). The first kappa shape index (κ1) is 18.9. The van der Waals surface area contributed by atoms with Crippen LogP contribution >= 0.6 is 11.5 Å². The van der Waals surface area contributed by atoms with Gasteiger partial charge in [-0.05, 0) is 51.1 Å². The van der Waals surface area contributed by atoms with Gasteiger partial charge in [-0.3, -0.25) is 10.1 Å². The molecule has 2 amide bonds. The lowest BCUT2D eigenvalue weighted by atomic mass is 9.89. The number of carbonyl (C=O) groups excluding carboxylic acids is 2. The fraction of sp³-hybridized carbons (Fsp3) is 0.632. The van der Waals surface area contributed by atoms with E-state index in [1.54, 1.807) is 20.8 Å². The van der Waals surface area contributed by atoms with Crippen LogP contribution in [0.25, 0.3) is 6.08 Å². The number of nitrogens with zero attached hydrogens (tertiary/aromatic N) is 2. The Bertz CT molecular complexity index is 699. The molecule has 1 aromatic rings. The lowest BCUT2D eigenvalue weighted by Gasteiger charge is -2.28. The van der Waals surface area contributed by atoms with Crippen LogP contribution in [0.5, 0.6) is 0 Å². The highest BCUT2D eigenvalue weighted by atomic mass is 32.1. The Hall–Kier alpha value is -1.89. The van der Waals surface area contributed by atoms with Crippen LogP contribution in [-0.4, -0.2) is 40.0 Å². The molecule has 1 fully saturated rings. The molecule has 2 heterocycles. The number of ether oxygens (including phenoxy) is 1. The van der Waals surface area contributed by atoms with Gasteiger partial charge in [-0.25, -0.2) is 4.79 Å².